The fraction of sp³-hybridized carbons (Fsp3) is 0.375. The number of carboxylic acids is 1. The molecule has 2 aromatic carbocycles. The highest BCUT2D eigenvalue weighted by Crippen LogP contribution is 2.30. The van der Waals surface area contributed by atoms with Gasteiger partial charge < -0.3 is 14.9 Å². The Hall–Kier alpha value is -2.99. The lowest BCUT2D eigenvalue weighted by Gasteiger charge is -2.11. The lowest BCUT2D eigenvalue weighted by Crippen LogP contribution is -2.14. The van der Waals surface area contributed by atoms with Crippen LogP contribution in [0.15, 0.2) is 53.1 Å². The van der Waals surface area contributed by atoms with Gasteiger partial charge in [0, 0.05) is 23.6 Å². The molecule has 2 unspecified atom stereocenters. The van der Waals surface area contributed by atoms with Crippen molar-refractivity contribution in [2.45, 2.75) is 39.2 Å². The molecule has 2 N–H and O–H groups in total. The molecule has 30 heavy (non-hydrogen) atoms. The van der Waals surface area contributed by atoms with Gasteiger partial charge in [-0.05, 0) is 54.5 Å². The second kappa shape index (κ2) is 8.79. The Labute approximate surface area is 176 Å². The van der Waals surface area contributed by atoms with Crippen LogP contribution in [0.25, 0.3) is 22.8 Å². The molecular weight excluding hydrogens is 378 g/mol. The van der Waals surface area contributed by atoms with E-state index in [1.807, 2.05) is 36.4 Å². The number of rotatable bonds is 7. The third kappa shape index (κ3) is 4.76. The van der Waals surface area contributed by atoms with E-state index in [0.29, 0.717) is 17.6 Å². The van der Waals surface area contributed by atoms with Gasteiger partial charge in [-0.2, -0.15) is 4.98 Å². The first-order valence-corrected chi connectivity index (χ1v) is 10.5. The van der Waals surface area contributed by atoms with E-state index < -0.39 is 5.97 Å². The number of benzene rings is 2. The number of hydrogen-bond acceptors (Lipinski definition) is 5. The van der Waals surface area contributed by atoms with Gasteiger partial charge in [-0.15, -0.1) is 0 Å². The quantitative estimate of drug-likeness (QED) is 0.591. The molecule has 0 amide bonds. The van der Waals surface area contributed by atoms with E-state index >= 15 is 0 Å². The second-order valence-electron chi connectivity index (χ2n) is 8.50. The van der Waals surface area contributed by atoms with Crippen LogP contribution in [0.2, 0.25) is 0 Å². The van der Waals surface area contributed by atoms with Gasteiger partial charge in [0.25, 0.3) is 5.89 Å². The number of carbonyl (C=O) groups is 1. The van der Waals surface area contributed by atoms with Crippen molar-refractivity contribution in [2.75, 3.05) is 6.54 Å². The summed E-state index contributed by atoms with van der Waals surface area (Å²) in [7, 11) is 0. The molecule has 2 heterocycles. The van der Waals surface area contributed by atoms with Crippen molar-refractivity contribution in [3.8, 4) is 22.8 Å². The van der Waals surface area contributed by atoms with Gasteiger partial charge in [0.05, 0.1) is 0 Å². The van der Waals surface area contributed by atoms with Crippen LogP contribution in [0.4, 0.5) is 0 Å². The first kappa shape index (κ1) is 20.3. The Kier molecular flexibility index (Phi) is 5.95. The normalized spacial score (nSPS) is 18.8. The maximum atomic E-state index is 10.9. The molecule has 3 aromatic rings. The van der Waals surface area contributed by atoms with Gasteiger partial charge in [0.2, 0.25) is 5.82 Å². The first-order chi connectivity index (χ1) is 14.5. The molecule has 1 aliphatic heterocycles. The Morgan fingerprint density at radius 3 is 2.50 bits per heavy atom. The third-order valence-electron chi connectivity index (χ3n) is 5.53. The molecule has 1 saturated heterocycles. The molecule has 0 saturated carbocycles. The highest BCUT2D eigenvalue weighted by molar-refractivity contribution is 5.67. The number of carboxylic acid groups (broad SMARTS) is 1. The van der Waals surface area contributed by atoms with Crippen LogP contribution in [-0.2, 0) is 11.2 Å². The first-order valence-electron chi connectivity index (χ1n) is 10.5. The van der Waals surface area contributed by atoms with Crippen molar-refractivity contribution in [2.24, 2.45) is 11.8 Å². The fourth-order valence-electron chi connectivity index (χ4n) is 4.04. The standard InChI is InChI=1S/C24H27N3O3/c1-15(2)11-16-3-5-20(6-4-16)24-26-23(27-30-24)19-9-7-18(8-10-19)21-12-17(14-25-21)13-22(28)29/h3-10,15,17,21,25H,11-14H2,1-2H3,(H,28,29). The fourth-order valence-corrected chi connectivity index (χ4v) is 4.04. The van der Waals surface area contributed by atoms with Crippen molar-refractivity contribution < 1.29 is 14.4 Å². The lowest BCUT2D eigenvalue weighted by atomic mass is 9.97. The smallest absolute Gasteiger partial charge is 0.303 e. The minimum atomic E-state index is -0.736. The van der Waals surface area contributed by atoms with Crippen LogP contribution < -0.4 is 5.32 Å². The van der Waals surface area contributed by atoms with Gasteiger partial charge >= 0.3 is 5.97 Å². The number of aliphatic carboxylic acids is 1. The zero-order chi connectivity index (χ0) is 21.1. The molecule has 156 valence electrons. The Morgan fingerprint density at radius 1 is 1.13 bits per heavy atom. The van der Waals surface area contributed by atoms with Gasteiger partial charge in [-0.1, -0.05) is 55.4 Å². The van der Waals surface area contributed by atoms with Crippen LogP contribution in [0, 0.1) is 11.8 Å². The van der Waals surface area contributed by atoms with Crippen molar-refractivity contribution in [3.63, 3.8) is 0 Å². The molecule has 4 rings (SSSR count). The topological polar surface area (TPSA) is 88.2 Å². The third-order valence-corrected chi connectivity index (χ3v) is 5.53. The number of nitrogens with one attached hydrogen (secondary N) is 1. The van der Waals surface area contributed by atoms with Gasteiger partial charge in [0.15, 0.2) is 0 Å². The highest BCUT2D eigenvalue weighted by atomic mass is 16.5. The molecule has 0 aliphatic carbocycles. The van der Waals surface area contributed by atoms with Crippen LogP contribution >= 0.6 is 0 Å². The van der Waals surface area contributed by atoms with Gasteiger partial charge in [-0.3, -0.25) is 4.79 Å². The van der Waals surface area contributed by atoms with Crippen molar-refractivity contribution in [1.29, 1.82) is 0 Å². The second-order valence-corrected chi connectivity index (χ2v) is 8.50. The van der Waals surface area contributed by atoms with E-state index in [0.717, 1.165) is 36.1 Å². The van der Waals surface area contributed by atoms with E-state index in [4.69, 9.17) is 9.63 Å². The zero-order valence-corrected chi connectivity index (χ0v) is 17.3. The van der Waals surface area contributed by atoms with Gasteiger partial charge in [-0.25, -0.2) is 0 Å². The van der Waals surface area contributed by atoms with Crippen LogP contribution in [0.1, 0.15) is 43.9 Å². The molecule has 1 aliphatic rings. The number of nitrogens with zero attached hydrogens (tertiary/aromatic N) is 2. The molecule has 1 aromatic heterocycles. The molecule has 0 spiro atoms. The van der Waals surface area contributed by atoms with E-state index in [-0.39, 0.29) is 18.4 Å². The predicted molar refractivity (Wildman–Crippen MR) is 115 cm³/mol. The van der Waals surface area contributed by atoms with Gasteiger partial charge in [0.1, 0.15) is 0 Å². The monoisotopic (exact) mass is 405 g/mol. The van der Waals surface area contributed by atoms with Crippen LogP contribution in [-0.4, -0.2) is 27.8 Å². The number of hydrogen-bond donors (Lipinski definition) is 2. The summed E-state index contributed by atoms with van der Waals surface area (Å²) >= 11 is 0. The minimum Gasteiger partial charge on any atom is -0.481 e. The lowest BCUT2D eigenvalue weighted by molar-refractivity contribution is -0.137. The largest absolute Gasteiger partial charge is 0.481 e. The summed E-state index contributed by atoms with van der Waals surface area (Å²) in [6.07, 6.45) is 2.10. The van der Waals surface area contributed by atoms with E-state index in [9.17, 15) is 4.79 Å². The maximum Gasteiger partial charge on any atom is 0.303 e. The minimum absolute atomic E-state index is 0.180. The molecule has 2 atom stereocenters. The summed E-state index contributed by atoms with van der Waals surface area (Å²) in [5.41, 5.74) is 4.26. The Balaban J connectivity index is 1.43. The summed E-state index contributed by atoms with van der Waals surface area (Å²) in [6.45, 7) is 5.16. The van der Waals surface area contributed by atoms with Crippen LogP contribution in [0.3, 0.4) is 0 Å². The molecule has 0 radical (unpaired) electrons. The highest BCUT2D eigenvalue weighted by Gasteiger charge is 2.26. The van der Waals surface area contributed by atoms with Crippen molar-refractivity contribution in [1.82, 2.24) is 15.5 Å². The average Bonchev–Trinajstić information content (AvgIpc) is 3.38. The molecular formula is C24H27N3O3. The Bertz CT molecular complexity index is 993. The summed E-state index contributed by atoms with van der Waals surface area (Å²) < 4.78 is 5.48. The Morgan fingerprint density at radius 2 is 1.83 bits per heavy atom. The number of aromatic nitrogens is 2. The van der Waals surface area contributed by atoms with Crippen molar-refractivity contribution >= 4 is 5.97 Å². The molecule has 1 fully saturated rings. The zero-order valence-electron chi connectivity index (χ0n) is 17.3. The summed E-state index contributed by atoms with van der Waals surface area (Å²) in [4.78, 5) is 15.5. The summed E-state index contributed by atoms with van der Waals surface area (Å²) in [6, 6.07) is 16.5. The summed E-state index contributed by atoms with van der Waals surface area (Å²) in [5.74, 6) is 1.14. The van der Waals surface area contributed by atoms with Crippen LogP contribution in [0.5, 0.6) is 0 Å². The summed E-state index contributed by atoms with van der Waals surface area (Å²) in [5, 5.41) is 16.5. The average molecular weight is 405 g/mol. The van der Waals surface area contributed by atoms with E-state index in [1.165, 1.54) is 5.56 Å². The molecule has 6 heteroatoms. The van der Waals surface area contributed by atoms with E-state index in [1.54, 1.807) is 0 Å². The predicted octanol–water partition coefficient (Wildman–Crippen LogP) is 4.73. The SMILES string of the molecule is CC(C)Cc1ccc(-c2nc(-c3ccc(C4CC(CC(=O)O)CN4)cc3)no2)cc1. The van der Waals surface area contributed by atoms with Crippen molar-refractivity contribution in [3.05, 3.63) is 59.7 Å². The molecule has 0 bridgehead atoms. The maximum absolute atomic E-state index is 10.9. The molecule has 6 nitrogen and oxygen atoms in total. The van der Waals surface area contributed by atoms with E-state index in [2.05, 4.69) is 41.4 Å².